The van der Waals surface area contributed by atoms with Gasteiger partial charge < -0.3 is 24.2 Å². The molecule has 0 unspecified atom stereocenters. The second-order valence-electron chi connectivity index (χ2n) is 7.77. The lowest BCUT2D eigenvalue weighted by Gasteiger charge is -2.31. The number of hydrogen-bond donors (Lipinski definition) is 1. The number of nitrogens with zero attached hydrogens (tertiary/aromatic N) is 3. The first-order valence-corrected chi connectivity index (χ1v) is 10.4. The van der Waals surface area contributed by atoms with E-state index in [-0.39, 0.29) is 36.4 Å². The van der Waals surface area contributed by atoms with Crippen LogP contribution in [0.4, 0.5) is 9.18 Å². The Labute approximate surface area is 185 Å². The quantitative estimate of drug-likeness (QED) is 0.683. The molecule has 1 fully saturated rings. The number of aryl methyl sites for hydroxylation is 1. The SMILES string of the molecule is Cc1nc(Oc2ccc(CC(=O)O)cc2F)cc(OC2CCN(C(=O)OC(C)C)CC2)n1. The highest BCUT2D eigenvalue weighted by atomic mass is 19.1. The molecule has 0 bridgehead atoms. The maximum Gasteiger partial charge on any atom is 0.410 e. The fraction of sp³-hybridized carbons (Fsp3) is 0.455. The van der Waals surface area contributed by atoms with Gasteiger partial charge in [0.25, 0.3) is 0 Å². The maximum atomic E-state index is 14.3. The number of aliphatic carboxylic acids is 1. The number of piperidine rings is 1. The van der Waals surface area contributed by atoms with E-state index in [9.17, 15) is 14.0 Å². The first-order valence-electron chi connectivity index (χ1n) is 10.4. The van der Waals surface area contributed by atoms with Crippen LogP contribution in [0.15, 0.2) is 24.3 Å². The molecule has 32 heavy (non-hydrogen) atoms. The molecule has 2 aromatic rings. The number of likely N-dealkylation sites (tertiary alicyclic amines) is 1. The van der Waals surface area contributed by atoms with Crippen LogP contribution in [0.2, 0.25) is 0 Å². The van der Waals surface area contributed by atoms with Gasteiger partial charge in [0.1, 0.15) is 11.9 Å². The van der Waals surface area contributed by atoms with E-state index < -0.39 is 11.8 Å². The van der Waals surface area contributed by atoms with Crippen molar-refractivity contribution >= 4 is 12.1 Å². The molecule has 1 aliphatic rings. The summed E-state index contributed by atoms with van der Waals surface area (Å²) >= 11 is 0. The monoisotopic (exact) mass is 447 g/mol. The third-order valence-electron chi connectivity index (χ3n) is 4.68. The normalized spacial score (nSPS) is 14.3. The Morgan fingerprint density at radius 1 is 1.19 bits per heavy atom. The van der Waals surface area contributed by atoms with Crippen LogP contribution in [0, 0.1) is 12.7 Å². The first kappa shape index (κ1) is 23.2. The van der Waals surface area contributed by atoms with Gasteiger partial charge in [-0.3, -0.25) is 4.79 Å². The number of aromatic nitrogens is 2. The Balaban J connectivity index is 1.62. The zero-order chi connectivity index (χ0) is 23.3. The van der Waals surface area contributed by atoms with E-state index >= 15 is 0 Å². The number of carboxylic acids is 1. The number of carboxylic acid groups (broad SMARTS) is 1. The Hall–Kier alpha value is -3.43. The summed E-state index contributed by atoms with van der Waals surface area (Å²) in [6, 6.07) is 5.43. The van der Waals surface area contributed by atoms with Crippen molar-refractivity contribution in [3.05, 3.63) is 41.5 Å². The van der Waals surface area contributed by atoms with E-state index in [1.54, 1.807) is 25.7 Å². The lowest BCUT2D eigenvalue weighted by Crippen LogP contribution is -2.42. The van der Waals surface area contributed by atoms with Gasteiger partial charge in [0.15, 0.2) is 11.6 Å². The van der Waals surface area contributed by atoms with Crippen molar-refractivity contribution in [3.8, 4) is 17.5 Å². The van der Waals surface area contributed by atoms with Crippen molar-refractivity contribution in [3.63, 3.8) is 0 Å². The molecule has 1 N–H and O–H groups in total. The minimum atomic E-state index is -1.05. The average Bonchev–Trinajstić information content (AvgIpc) is 2.69. The van der Waals surface area contributed by atoms with Crippen molar-refractivity contribution in [1.29, 1.82) is 0 Å². The second kappa shape index (κ2) is 10.3. The molecule has 3 rings (SSSR count). The lowest BCUT2D eigenvalue weighted by atomic mass is 10.1. The van der Waals surface area contributed by atoms with Crippen molar-refractivity contribution in [2.45, 2.75) is 52.2 Å². The predicted molar refractivity (Wildman–Crippen MR) is 111 cm³/mol. The summed E-state index contributed by atoms with van der Waals surface area (Å²) in [5.74, 6) is -1.04. The molecule has 0 aliphatic carbocycles. The van der Waals surface area contributed by atoms with Gasteiger partial charge in [-0.25, -0.2) is 9.18 Å². The summed E-state index contributed by atoms with van der Waals surface area (Å²) in [7, 11) is 0. The third kappa shape index (κ3) is 6.53. The van der Waals surface area contributed by atoms with E-state index in [1.807, 2.05) is 0 Å². The van der Waals surface area contributed by atoms with Crippen molar-refractivity contribution in [2.75, 3.05) is 13.1 Å². The summed E-state index contributed by atoms with van der Waals surface area (Å²) in [6.45, 7) is 6.30. The summed E-state index contributed by atoms with van der Waals surface area (Å²) in [6.07, 6.45) is 0.307. The van der Waals surface area contributed by atoms with E-state index in [1.165, 1.54) is 18.2 Å². The standard InChI is InChI=1S/C22H26FN3O6/c1-13(2)30-22(29)26-8-6-16(7-9-26)31-19-12-20(25-14(3)24-19)32-18-5-4-15(10-17(18)23)11-21(27)28/h4-5,10,12-13,16H,6-9,11H2,1-3H3,(H,27,28). The molecular weight excluding hydrogens is 421 g/mol. The Morgan fingerprint density at radius 2 is 1.88 bits per heavy atom. The molecule has 0 spiro atoms. The van der Waals surface area contributed by atoms with Crippen molar-refractivity contribution in [1.82, 2.24) is 14.9 Å². The number of carbonyl (C=O) groups excluding carboxylic acids is 1. The fourth-order valence-electron chi connectivity index (χ4n) is 3.25. The second-order valence-corrected chi connectivity index (χ2v) is 7.77. The van der Waals surface area contributed by atoms with Gasteiger partial charge in [-0.1, -0.05) is 6.07 Å². The van der Waals surface area contributed by atoms with Gasteiger partial charge in [-0.15, -0.1) is 0 Å². The number of ether oxygens (including phenoxy) is 3. The van der Waals surface area contributed by atoms with Crippen LogP contribution in [-0.2, 0) is 16.0 Å². The number of rotatable bonds is 7. The number of halogens is 1. The first-order chi connectivity index (χ1) is 15.2. The van der Waals surface area contributed by atoms with Crippen LogP contribution in [0.1, 0.15) is 38.1 Å². The van der Waals surface area contributed by atoms with Gasteiger partial charge in [0, 0.05) is 25.9 Å². The highest BCUT2D eigenvalue weighted by molar-refractivity contribution is 5.70. The highest BCUT2D eigenvalue weighted by Crippen LogP contribution is 2.27. The van der Waals surface area contributed by atoms with Crippen LogP contribution in [0.3, 0.4) is 0 Å². The largest absolute Gasteiger partial charge is 0.481 e. The van der Waals surface area contributed by atoms with Crippen LogP contribution < -0.4 is 9.47 Å². The summed E-state index contributed by atoms with van der Waals surface area (Å²) in [5.41, 5.74) is 0.328. The minimum absolute atomic E-state index is 0.0832. The molecule has 9 nitrogen and oxygen atoms in total. The molecule has 172 valence electrons. The number of benzene rings is 1. The summed E-state index contributed by atoms with van der Waals surface area (Å²) in [4.78, 5) is 32.8. The maximum absolute atomic E-state index is 14.3. The van der Waals surface area contributed by atoms with Crippen LogP contribution in [0.25, 0.3) is 0 Å². The van der Waals surface area contributed by atoms with Gasteiger partial charge >= 0.3 is 12.1 Å². The van der Waals surface area contributed by atoms with E-state index in [2.05, 4.69) is 9.97 Å². The van der Waals surface area contributed by atoms with Gasteiger partial charge in [0.05, 0.1) is 18.6 Å². The minimum Gasteiger partial charge on any atom is -0.481 e. The van der Waals surface area contributed by atoms with Crippen LogP contribution >= 0.6 is 0 Å². The van der Waals surface area contributed by atoms with Crippen LogP contribution in [-0.4, -0.2) is 57.3 Å². The molecule has 1 aromatic carbocycles. The van der Waals surface area contributed by atoms with Gasteiger partial charge in [0.2, 0.25) is 11.8 Å². The molecule has 1 saturated heterocycles. The Kier molecular flexibility index (Phi) is 7.45. The lowest BCUT2D eigenvalue weighted by molar-refractivity contribution is -0.136. The highest BCUT2D eigenvalue weighted by Gasteiger charge is 2.26. The molecule has 1 amide bonds. The van der Waals surface area contributed by atoms with E-state index in [0.717, 1.165) is 6.07 Å². The van der Waals surface area contributed by atoms with Gasteiger partial charge in [-0.2, -0.15) is 9.97 Å². The molecule has 1 aliphatic heterocycles. The van der Waals surface area contributed by atoms with Crippen molar-refractivity contribution < 1.29 is 33.3 Å². The number of carbonyl (C=O) groups is 2. The molecule has 0 saturated carbocycles. The fourth-order valence-corrected chi connectivity index (χ4v) is 3.25. The molecule has 1 aromatic heterocycles. The number of hydrogen-bond acceptors (Lipinski definition) is 7. The molecule has 0 atom stereocenters. The third-order valence-corrected chi connectivity index (χ3v) is 4.68. The molecule has 2 heterocycles. The average molecular weight is 447 g/mol. The van der Waals surface area contributed by atoms with Gasteiger partial charge in [-0.05, 0) is 38.5 Å². The smallest absolute Gasteiger partial charge is 0.410 e. The van der Waals surface area contributed by atoms with Crippen LogP contribution in [0.5, 0.6) is 17.5 Å². The molecule has 10 heteroatoms. The van der Waals surface area contributed by atoms with Crippen molar-refractivity contribution in [2.24, 2.45) is 0 Å². The zero-order valence-electron chi connectivity index (χ0n) is 18.2. The predicted octanol–water partition coefficient (Wildman–Crippen LogP) is 3.73. The number of amides is 1. The molecule has 0 radical (unpaired) electrons. The zero-order valence-corrected chi connectivity index (χ0v) is 18.2. The molecular formula is C22H26FN3O6. The Bertz CT molecular complexity index is 976. The van der Waals surface area contributed by atoms with E-state index in [0.29, 0.717) is 43.2 Å². The Morgan fingerprint density at radius 3 is 2.50 bits per heavy atom. The van der Waals surface area contributed by atoms with E-state index in [4.69, 9.17) is 19.3 Å². The topological polar surface area (TPSA) is 111 Å². The summed E-state index contributed by atoms with van der Waals surface area (Å²) < 4.78 is 31.0. The summed E-state index contributed by atoms with van der Waals surface area (Å²) in [5, 5.41) is 8.82.